The molecule has 0 aromatic carbocycles. The quantitative estimate of drug-likeness (QED) is 0.184. The first-order chi connectivity index (χ1) is 16.3. The maximum Gasteiger partial charge on any atom is 0.352 e. The number of carbonyl (C=O) groups is 3. The van der Waals surface area contributed by atoms with Crippen molar-refractivity contribution in [2.24, 2.45) is 5.16 Å². The van der Waals surface area contributed by atoms with E-state index in [-0.39, 0.29) is 23.1 Å². The first-order valence-electron chi connectivity index (χ1n) is 9.64. The van der Waals surface area contributed by atoms with Crippen LogP contribution in [0.15, 0.2) is 33.0 Å². The number of oxime groups is 1. The number of hydrogen-bond acceptors (Lipinski definition) is 13. The number of β-lactam (4-membered cyclic amide) rings is 1. The number of nitrogens with two attached hydrogens (primary N) is 1. The summed E-state index contributed by atoms with van der Waals surface area (Å²) in [5, 5.41) is 24.3. The number of aromatic nitrogens is 4. The molecule has 2 aliphatic heterocycles. The van der Waals surface area contributed by atoms with Gasteiger partial charge in [0.1, 0.15) is 35.0 Å². The van der Waals surface area contributed by atoms with Crippen LogP contribution in [-0.2, 0) is 19.2 Å². The van der Waals surface area contributed by atoms with E-state index in [0.29, 0.717) is 17.1 Å². The van der Waals surface area contributed by atoms with Crippen molar-refractivity contribution in [2.45, 2.75) is 22.7 Å². The second-order valence-electron chi connectivity index (χ2n) is 6.92. The van der Waals surface area contributed by atoms with Crippen molar-refractivity contribution in [1.82, 2.24) is 30.4 Å². The minimum absolute atomic E-state index is 0.0714. The Balaban J connectivity index is 1.49. The molecule has 2 atom stereocenters. The third kappa shape index (κ3) is 4.69. The van der Waals surface area contributed by atoms with Crippen LogP contribution in [0.2, 0.25) is 0 Å². The SMILES string of the molecule is CON=C(C(=O)NC1C(=O)N2C(C(=O)O)=C(CSc3nnc(C)s3)CS[C@@H]12)c1nccc(N)n1. The molecule has 4 heterocycles. The van der Waals surface area contributed by atoms with Gasteiger partial charge < -0.3 is 21.0 Å². The van der Waals surface area contributed by atoms with Crippen LogP contribution in [0.1, 0.15) is 10.8 Å². The molecule has 1 unspecified atom stereocenters. The second-order valence-corrected chi connectivity index (χ2v) is 10.4. The highest BCUT2D eigenvalue weighted by molar-refractivity contribution is 8.01. The van der Waals surface area contributed by atoms with Crippen molar-refractivity contribution in [3.8, 4) is 0 Å². The number of carboxylic acid groups (broad SMARTS) is 1. The first-order valence-corrected chi connectivity index (χ1v) is 12.5. The van der Waals surface area contributed by atoms with E-state index < -0.39 is 29.2 Å². The molecule has 2 aromatic heterocycles. The van der Waals surface area contributed by atoms with E-state index in [2.05, 4.69) is 30.6 Å². The lowest BCUT2D eigenvalue weighted by molar-refractivity contribution is -0.150. The molecule has 0 aliphatic carbocycles. The molecule has 0 spiro atoms. The Morgan fingerprint density at radius 1 is 1.44 bits per heavy atom. The molecule has 1 fully saturated rings. The summed E-state index contributed by atoms with van der Waals surface area (Å²) in [5.74, 6) is -1.71. The molecule has 13 nitrogen and oxygen atoms in total. The number of aryl methyl sites for hydroxylation is 1. The smallest absolute Gasteiger partial charge is 0.352 e. The first kappa shape index (κ1) is 23.9. The average Bonchev–Trinajstić information content (AvgIpc) is 3.23. The molecule has 16 heteroatoms. The number of amides is 2. The molecule has 2 amide bonds. The Bertz CT molecular complexity index is 1220. The number of nitrogens with zero attached hydrogens (tertiary/aromatic N) is 6. The van der Waals surface area contributed by atoms with Crippen molar-refractivity contribution in [3.05, 3.63) is 34.4 Å². The molecule has 0 radical (unpaired) electrons. The molecule has 2 aliphatic rings. The zero-order valence-electron chi connectivity index (χ0n) is 17.8. The van der Waals surface area contributed by atoms with Gasteiger partial charge >= 0.3 is 5.97 Å². The molecule has 4 rings (SSSR count). The van der Waals surface area contributed by atoms with Crippen LogP contribution >= 0.6 is 34.9 Å². The molecular formula is C18H18N8O5S3. The number of carboxylic acids is 1. The van der Waals surface area contributed by atoms with Gasteiger partial charge in [-0.25, -0.2) is 14.8 Å². The topological polar surface area (TPSA) is 186 Å². The van der Waals surface area contributed by atoms with Gasteiger partial charge in [-0.3, -0.25) is 14.5 Å². The van der Waals surface area contributed by atoms with E-state index in [4.69, 9.17) is 10.6 Å². The number of fused-ring (bicyclic) bond motifs is 1. The second kappa shape index (κ2) is 9.94. The molecule has 1 saturated heterocycles. The normalized spacial score (nSPS) is 20.0. The fourth-order valence-electron chi connectivity index (χ4n) is 3.25. The monoisotopic (exact) mass is 522 g/mol. The van der Waals surface area contributed by atoms with E-state index in [9.17, 15) is 19.5 Å². The third-order valence-electron chi connectivity index (χ3n) is 4.70. The maximum atomic E-state index is 12.9. The van der Waals surface area contributed by atoms with Crippen LogP contribution in [0, 0.1) is 6.92 Å². The Morgan fingerprint density at radius 2 is 2.24 bits per heavy atom. The summed E-state index contributed by atoms with van der Waals surface area (Å²) >= 11 is 4.14. The molecular weight excluding hydrogens is 504 g/mol. The van der Waals surface area contributed by atoms with E-state index >= 15 is 0 Å². The lowest BCUT2D eigenvalue weighted by Gasteiger charge is -2.49. The van der Waals surface area contributed by atoms with Crippen LogP contribution in [0.25, 0.3) is 0 Å². The summed E-state index contributed by atoms with van der Waals surface area (Å²) in [6.07, 6.45) is 1.36. The fraction of sp³-hybridized carbons (Fsp3) is 0.333. The fourth-order valence-corrected chi connectivity index (χ4v) is 6.55. The lowest BCUT2D eigenvalue weighted by Crippen LogP contribution is -2.71. The number of hydrogen-bond donors (Lipinski definition) is 3. The Hall–Kier alpha value is -3.24. The third-order valence-corrected chi connectivity index (χ3v) is 8.10. The largest absolute Gasteiger partial charge is 0.477 e. The standard InChI is InChI=1S/C18H18N8O5S3/c1-7-23-24-18(34-7)33-6-8-5-32-16-11(15(28)26(16)12(8)17(29)30)22-14(27)10(25-31-2)13-20-4-3-9(19)21-13/h3-4,11,16H,5-6H2,1-2H3,(H,22,27)(H,29,30)(H2,19,20,21)/t11?,16-/m0/s1. The van der Waals surface area contributed by atoms with Crippen LogP contribution in [0.4, 0.5) is 5.82 Å². The summed E-state index contributed by atoms with van der Waals surface area (Å²) in [5.41, 5.74) is 5.91. The van der Waals surface area contributed by atoms with Crippen molar-refractivity contribution in [3.63, 3.8) is 0 Å². The van der Waals surface area contributed by atoms with Gasteiger partial charge in [-0.2, -0.15) is 0 Å². The van der Waals surface area contributed by atoms with E-state index in [1.807, 2.05) is 6.92 Å². The molecule has 0 bridgehead atoms. The highest BCUT2D eigenvalue weighted by atomic mass is 32.2. The lowest BCUT2D eigenvalue weighted by atomic mass is 10.0. The zero-order chi connectivity index (χ0) is 24.4. The van der Waals surface area contributed by atoms with E-state index in [1.54, 1.807) is 0 Å². The number of carbonyl (C=O) groups excluding carboxylic acids is 2. The molecule has 2 aromatic rings. The van der Waals surface area contributed by atoms with Gasteiger partial charge in [0, 0.05) is 17.7 Å². The number of anilines is 1. The van der Waals surface area contributed by atoms with Gasteiger partial charge in [-0.05, 0) is 18.6 Å². The van der Waals surface area contributed by atoms with Gasteiger partial charge in [0.05, 0.1) is 0 Å². The van der Waals surface area contributed by atoms with Crippen molar-refractivity contribution < 1.29 is 24.3 Å². The molecule has 0 saturated carbocycles. The van der Waals surface area contributed by atoms with Crippen LogP contribution in [-0.4, -0.2) is 83.7 Å². The predicted molar refractivity (Wildman–Crippen MR) is 125 cm³/mol. The Labute approximate surface area is 205 Å². The van der Waals surface area contributed by atoms with E-state index in [0.717, 1.165) is 9.35 Å². The van der Waals surface area contributed by atoms with Crippen LogP contribution in [0.3, 0.4) is 0 Å². The molecule has 178 valence electrons. The van der Waals surface area contributed by atoms with Crippen molar-refractivity contribution >= 4 is 64.2 Å². The molecule has 34 heavy (non-hydrogen) atoms. The maximum absolute atomic E-state index is 12.9. The zero-order valence-corrected chi connectivity index (χ0v) is 20.2. The van der Waals surface area contributed by atoms with Crippen LogP contribution in [0.5, 0.6) is 0 Å². The van der Waals surface area contributed by atoms with E-state index in [1.165, 1.54) is 59.1 Å². The number of rotatable bonds is 8. The van der Waals surface area contributed by atoms with Gasteiger partial charge in [-0.1, -0.05) is 28.3 Å². The van der Waals surface area contributed by atoms with Crippen LogP contribution < -0.4 is 11.1 Å². The minimum atomic E-state index is -1.21. The summed E-state index contributed by atoms with van der Waals surface area (Å²) in [7, 11) is 1.25. The number of thioether (sulfide) groups is 2. The predicted octanol–water partition coefficient (Wildman–Crippen LogP) is 0.100. The minimum Gasteiger partial charge on any atom is -0.477 e. The van der Waals surface area contributed by atoms with Gasteiger partial charge in [0.15, 0.2) is 10.2 Å². The summed E-state index contributed by atoms with van der Waals surface area (Å²) in [6, 6.07) is 0.495. The van der Waals surface area contributed by atoms with Gasteiger partial charge in [-0.15, -0.1) is 22.0 Å². The summed E-state index contributed by atoms with van der Waals surface area (Å²) in [4.78, 5) is 51.6. The highest BCUT2D eigenvalue weighted by Crippen LogP contribution is 2.41. The molecule has 4 N–H and O–H groups in total. The number of nitrogen functional groups attached to an aromatic ring is 1. The van der Waals surface area contributed by atoms with Gasteiger partial charge in [0.2, 0.25) is 5.71 Å². The summed E-state index contributed by atoms with van der Waals surface area (Å²) in [6.45, 7) is 1.83. The highest BCUT2D eigenvalue weighted by Gasteiger charge is 2.54. The van der Waals surface area contributed by atoms with Crippen molar-refractivity contribution in [1.29, 1.82) is 0 Å². The summed E-state index contributed by atoms with van der Waals surface area (Å²) < 4.78 is 0.718. The Kier molecular flexibility index (Phi) is 6.99. The Morgan fingerprint density at radius 3 is 2.88 bits per heavy atom. The average molecular weight is 523 g/mol. The van der Waals surface area contributed by atoms with Gasteiger partial charge in [0.25, 0.3) is 11.8 Å². The number of aliphatic carboxylic acids is 1. The van der Waals surface area contributed by atoms with Crippen molar-refractivity contribution in [2.75, 3.05) is 24.3 Å². The number of nitrogens with one attached hydrogen (secondary N) is 1.